The molecule has 0 radical (unpaired) electrons. The van der Waals surface area contributed by atoms with E-state index in [1.807, 2.05) is 36.4 Å². The third-order valence-electron chi connectivity index (χ3n) is 2.75. The zero-order valence-corrected chi connectivity index (χ0v) is 9.84. The third kappa shape index (κ3) is 3.04. The summed E-state index contributed by atoms with van der Waals surface area (Å²) in [5, 5.41) is 0. The van der Waals surface area contributed by atoms with Crippen LogP contribution in [0.3, 0.4) is 0 Å². The Morgan fingerprint density at radius 2 is 1.76 bits per heavy atom. The Balaban J connectivity index is 2.06. The highest BCUT2D eigenvalue weighted by Crippen LogP contribution is 2.18. The van der Waals surface area contributed by atoms with E-state index in [0.29, 0.717) is 0 Å². The van der Waals surface area contributed by atoms with Gasteiger partial charge in [0.2, 0.25) is 0 Å². The number of nitrogens with two attached hydrogens (primary N) is 1. The molecule has 2 N–H and O–H groups in total. The van der Waals surface area contributed by atoms with E-state index >= 15 is 0 Å². The van der Waals surface area contributed by atoms with Crippen molar-refractivity contribution in [3.8, 4) is 5.75 Å². The SMILES string of the molecule is COc1ccc(C(N)Cc2ccncc2)cc1. The van der Waals surface area contributed by atoms with Crippen molar-refractivity contribution in [3.05, 3.63) is 59.9 Å². The Kier molecular flexibility index (Phi) is 3.73. The maximum atomic E-state index is 6.16. The fourth-order valence-corrected chi connectivity index (χ4v) is 1.74. The lowest BCUT2D eigenvalue weighted by atomic mass is 10.0. The van der Waals surface area contributed by atoms with Crippen LogP contribution in [0.25, 0.3) is 0 Å². The minimum absolute atomic E-state index is 0.00306. The summed E-state index contributed by atoms with van der Waals surface area (Å²) in [6.07, 6.45) is 4.39. The minimum Gasteiger partial charge on any atom is -0.497 e. The van der Waals surface area contributed by atoms with E-state index in [0.717, 1.165) is 17.7 Å². The summed E-state index contributed by atoms with van der Waals surface area (Å²) in [6, 6.07) is 11.9. The van der Waals surface area contributed by atoms with Crippen molar-refractivity contribution >= 4 is 0 Å². The van der Waals surface area contributed by atoms with Crippen molar-refractivity contribution in [2.75, 3.05) is 7.11 Å². The number of hydrogen-bond acceptors (Lipinski definition) is 3. The molecule has 0 bridgehead atoms. The molecule has 0 aliphatic heterocycles. The lowest BCUT2D eigenvalue weighted by Crippen LogP contribution is -2.13. The highest BCUT2D eigenvalue weighted by atomic mass is 16.5. The average molecular weight is 228 g/mol. The van der Waals surface area contributed by atoms with Crippen LogP contribution in [-0.2, 0) is 6.42 Å². The minimum atomic E-state index is 0.00306. The zero-order valence-electron chi connectivity index (χ0n) is 9.84. The number of ether oxygens (including phenoxy) is 1. The highest BCUT2D eigenvalue weighted by Gasteiger charge is 2.06. The maximum Gasteiger partial charge on any atom is 0.118 e. The second-order valence-electron chi connectivity index (χ2n) is 3.94. The molecule has 1 aromatic heterocycles. The summed E-state index contributed by atoms with van der Waals surface area (Å²) in [6.45, 7) is 0. The molecule has 2 aromatic rings. The molecule has 1 atom stereocenters. The first kappa shape index (κ1) is 11.6. The molecule has 0 saturated carbocycles. The van der Waals surface area contributed by atoms with E-state index in [9.17, 15) is 0 Å². The molecule has 1 heterocycles. The molecular weight excluding hydrogens is 212 g/mol. The summed E-state index contributed by atoms with van der Waals surface area (Å²) in [4.78, 5) is 3.99. The second-order valence-corrected chi connectivity index (χ2v) is 3.94. The van der Waals surface area contributed by atoms with E-state index in [1.165, 1.54) is 5.56 Å². The van der Waals surface area contributed by atoms with Gasteiger partial charge in [-0.2, -0.15) is 0 Å². The van der Waals surface area contributed by atoms with Crippen LogP contribution in [0.5, 0.6) is 5.75 Å². The molecule has 0 spiro atoms. The fraction of sp³-hybridized carbons (Fsp3) is 0.214. The first-order valence-electron chi connectivity index (χ1n) is 5.58. The van der Waals surface area contributed by atoms with E-state index in [1.54, 1.807) is 19.5 Å². The van der Waals surface area contributed by atoms with Gasteiger partial charge in [0.1, 0.15) is 5.75 Å². The maximum absolute atomic E-state index is 6.16. The summed E-state index contributed by atoms with van der Waals surface area (Å²) >= 11 is 0. The fourth-order valence-electron chi connectivity index (χ4n) is 1.74. The molecule has 0 aliphatic rings. The van der Waals surface area contributed by atoms with Crippen molar-refractivity contribution in [1.82, 2.24) is 4.98 Å². The monoisotopic (exact) mass is 228 g/mol. The van der Waals surface area contributed by atoms with Crippen molar-refractivity contribution in [2.24, 2.45) is 5.73 Å². The van der Waals surface area contributed by atoms with Crippen LogP contribution in [0.2, 0.25) is 0 Å². The summed E-state index contributed by atoms with van der Waals surface area (Å²) in [5.74, 6) is 0.852. The standard InChI is InChI=1S/C14H16N2O/c1-17-13-4-2-12(3-5-13)14(15)10-11-6-8-16-9-7-11/h2-9,14H,10,15H2,1H3. The number of pyridine rings is 1. The molecule has 0 fully saturated rings. The molecule has 0 aliphatic carbocycles. The summed E-state index contributed by atoms with van der Waals surface area (Å²) in [5.41, 5.74) is 8.47. The predicted octanol–water partition coefficient (Wildman–Crippen LogP) is 2.33. The van der Waals surface area contributed by atoms with E-state index in [-0.39, 0.29) is 6.04 Å². The van der Waals surface area contributed by atoms with Gasteiger partial charge in [-0.05, 0) is 41.8 Å². The molecule has 1 unspecified atom stereocenters. The molecule has 0 amide bonds. The largest absolute Gasteiger partial charge is 0.497 e. The van der Waals surface area contributed by atoms with Crippen LogP contribution < -0.4 is 10.5 Å². The number of benzene rings is 1. The lowest BCUT2D eigenvalue weighted by molar-refractivity contribution is 0.414. The van der Waals surface area contributed by atoms with Gasteiger partial charge in [-0.3, -0.25) is 4.98 Å². The van der Waals surface area contributed by atoms with Crippen molar-refractivity contribution in [3.63, 3.8) is 0 Å². The number of rotatable bonds is 4. The predicted molar refractivity (Wildman–Crippen MR) is 67.9 cm³/mol. The second kappa shape index (κ2) is 5.46. The quantitative estimate of drug-likeness (QED) is 0.873. The highest BCUT2D eigenvalue weighted by molar-refractivity contribution is 5.30. The van der Waals surface area contributed by atoms with Crippen molar-refractivity contribution in [2.45, 2.75) is 12.5 Å². The van der Waals surface area contributed by atoms with Crippen LogP contribution in [0, 0.1) is 0 Å². The Hall–Kier alpha value is -1.87. The lowest BCUT2D eigenvalue weighted by Gasteiger charge is -2.12. The molecular formula is C14H16N2O. The van der Waals surface area contributed by atoms with Gasteiger partial charge in [-0.15, -0.1) is 0 Å². The van der Waals surface area contributed by atoms with Crippen molar-refractivity contribution in [1.29, 1.82) is 0 Å². The molecule has 0 saturated heterocycles. The van der Waals surface area contributed by atoms with Gasteiger partial charge < -0.3 is 10.5 Å². The zero-order chi connectivity index (χ0) is 12.1. The number of hydrogen-bond donors (Lipinski definition) is 1. The molecule has 17 heavy (non-hydrogen) atoms. The first-order chi connectivity index (χ1) is 8.29. The summed E-state index contributed by atoms with van der Waals surface area (Å²) in [7, 11) is 1.66. The Morgan fingerprint density at radius 1 is 1.12 bits per heavy atom. The van der Waals surface area contributed by atoms with Gasteiger partial charge in [0, 0.05) is 18.4 Å². The van der Waals surface area contributed by atoms with Gasteiger partial charge >= 0.3 is 0 Å². The Bertz CT molecular complexity index is 453. The van der Waals surface area contributed by atoms with Crippen LogP contribution in [0.15, 0.2) is 48.8 Å². The summed E-state index contributed by atoms with van der Waals surface area (Å²) < 4.78 is 5.12. The van der Waals surface area contributed by atoms with Gasteiger partial charge in [-0.1, -0.05) is 12.1 Å². The van der Waals surface area contributed by atoms with Crippen LogP contribution >= 0.6 is 0 Å². The smallest absolute Gasteiger partial charge is 0.118 e. The molecule has 3 nitrogen and oxygen atoms in total. The van der Waals surface area contributed by atoms with E-state index < -0.39 is 0 Å². The Labute approximate surface area is 101 Å². The molecule has 3 heteroatoms. The van der Waals surface area contributed by atoms with Crippen LogP contribution in [-0.4, -0.2) is 12.1 Å². The van der Waals surface area contributed by atoms with E-state index in [2.05, 4.69) is 4.98 Å². The third-order valence-corrected chi connectivity index (χ3v) is 2.75. The number of methoxy groups -OCH3 is 1. The van der Waals surface area contributed by atoms with E-state index in [4.69, 9.17) is 10.5 Å². The number of nitrogens with zero attached hydrogens (tertiary/aromatic N) is 1. The average Bonchev–Trinajstić information content (AvgIpc) is 2.40. The van der Waals surface area contributed by atoms with Gasteiger partial charge in [0.25, 0.3) is 0 Å². The van der Waals surface area contributed by atoms with Crippen LogP contribution in [0.4, 0.5) is 0 Å². The molecule has 2 rings (SSSR count). The van der Waals surface area contributed by atoms with Gasteiger partial charge in [-0.25, -0.2) is 0 Å². The van der Waals surface area contributed by atoms with Crippen molar-refractivity contribution < 1.29 is 4.74 Å². The molecule has 88 valence electrons. The number of aromatic nitrogens is 1. The first-order valence-corrected chi connectivity index (χ1v) is 5.58. The topological polar surface area (TPSA) is 48.1 Å². The normalized spacial score (nSPS) is 12.1. The van der Waals surface area contributed by atoms with Crippen LogP contribution in [0.1, 0.15) is 17.2 Å². The van der Waals surface area contributed by atoms with Gasteiger partial charge in [0.05, 0.1) is 7.11 Å². The molecule has 1 aromatic carbocycles. The van der Waals surface area contributed by atoms with Gasteiger partial charge in [0.15, 0.2) is 0 Å². The Morgan fingerprint density at radius 3 is 2.35 bits per heavy atom.